The van der Waals surface area contributed by atoms with Crippen LogP contribution in [0, 0.1) is 13.8 Å². The third-order valence-electron chi connectivity index (χ3n) is 5.42. The molecule has 3 aromatic rings. The summed E-state index contributed by atoms with van der Waals surface area (Å²) in [4.78, 5) is 27.8. The molecule has 0 aliphatic carbocycles. The van der Waals surface area contributed by atoms with E-state index >= 15 is 0 Å². The number of nitrogens with one attached hydrogen (secondary N) is 2. The first-order chi connectivity index (χ1) is 14.4. The van der Waals surface area contributed by atoms with E-state index in [2.05, 4.69) is 22.2 Å². The second kappa shape index (κ2) is 8.37. The molecular formula is C21H25ClN5O2S+. The molecule has 1 aliphatic rings. The highest BCUT2D eigenvalue weighted by molar-refractivity contribution is 7.20. The van der Waals surface area contributed by atoms with Crippen molar-refractivity contribution in [3.63, 3.8) is 0 Å². The lowest BCUT2D eigenvalue weighted by Crippen LogP contribution is -3.12. The number of likely N-dealkylation sites (N-methyl/N-ethyl adjacent to an activating group) is 1. The molecule has 1 aliphatic heterocycles. The predicted molar refractivity (Wildman–Crippen MR) is 122 cm³/mol. The Kier molecular flexibility index (Phi) is 5.81. The summed E-state index contributed by atoms with van der Waals surface area (Å²) in [5.74, 6) is 2.00. The number of anilines is 2. The molecule has 1 saturated heterocycles. The topological polar surface area (TPSA) is 71.8 Å². The number of quaternary nitrogens is 1. The van der Waals surface area contributed by atoms with E-state index in [0.29, 0.717) is 27.2 Å². The SMILES string of the molecule is COc1ccc(Cl)cc1NC(=O)c1sc2nc(C)nc(N3CC[NH+](C)CC3)c2c1C. The van der Waals surface area contributed by atoms with Crippen molar-refractivity contribution in [3.8, 4) is 5.75 Å². The van der Waals surface area contributed by atoms with E-state index in [-0.39, 0.29) is 5.91 Å². The largest absolute Gasteiger partial charge is 0.495 e. The van der Waals surface area contributed by atoms with Crippen LogP contribution >= 0.6 is 22.9 Å². The van der Waals surface area contributed by atoms with Crippen LogP contribution in [0.4, 0.5) is 11.5 Å². The standard InChI is InChI=1S/C21H24ClN5O2S/c1-12-17-19(27-9-7-26(3)8-10-27)23-13(2)24-21(17)30-18(12)20(28)25-15-11-14(22)5-6-16(15)29-4/h5-6,11H,7-10H2,1-4H3,(H,25,28)/p+1. The number of methoxy groups -OCH3 is 1. The molecule has 7 nitrogen and oxygen atoms in total. The number of carbonyl (C=O) groups is 1. The number of piperazine rings is 1. The van der Waals surface area contributed by atoms with Crippen molar-refractivity contribution in [2.75, 3.05) is 50.6 Å². The highest BCUT2D eigenvalue weighted by Gasteiger charge is 2.25. The zero-order chi connectivity index (χ0) is 21.4. The molecule has 0 radical (unpaired) electrons. The third kappa shape index (κ3) is 3.95. The minimum atomic E-state index is -0.206. The highest BCUT2D eigenvalue weighted by atomic mass is 35.5. The van der Waals surface area contributed by atoms with Crippen molar-refractivity contribution in [2.45, 2.75) is 13.8 Å². The van der Waals surface area contributed by atoms with Gasteiger partial charge in [-0.2, -0.15) is 0 Å². The van der Waals surface area contributed by atoms with Gasteiger partial charge in [-0.1, -0.05) is 11.6 Å². The normalized spacial score (nSPS) is 14.9. The van der Waals surface area contributed by atoms with Gasteiger partial charge in [0.1, 0.15) is 22.2 Å². The number of carbonyl (C=O) groups excluding carboxylic acids is 1. The summed E-state index contributed by atoms with van der Waals surface area (Å²) in [6.45, 7) is 7.87. The first kappa shape index (κ1) is 20.8. The van der Waals surface area contributed by atoms with E-state index in [1.807, 2.05) is 13.8 Å². The maximum atomic E-state index is 13.1. The molecule has 0 atom stereocenters. The fourth-order valence-electron chi connectivity index (χ4n) is 3.72. The molecule has 0 bridgehead atoms. The van der Waals surface area contributed by atoms with Crippen LogP contribution in [0.5, 0.6) is 5.75 Å². The maximum Gasteiger partial charge on any atom is 0.266 e. The summed E-state index contributed by atoms with van der Waals surface area (Å²) >= 11 is 7.50. The molecule has 1 fully saturated rings. The van der Waals surface area contributed by atoms with Crippen LogP contribution in [0.15, 0.2) is 18.2 Å². The number of fused-ring (bicyclic) bond motifs is 1. The molecule has 9 heteroatoms. The summed E-state index contributed by atoms with van der Waals surface area (Å²) < 4.78 is 5.35. The zero-order valence-corrected chi connectivity index (χ0v) is 19.1. The second-order valence-corrected chi connectivity index (χ2v) is 9.01. The summed E-state index contributed by atoms with van der Waals surface area (Å²) in [5, 5.41) is 4.43. The van der Waals surface area contributed by atoms with Gasteiger partial charge in [0.2, 0.25) is 0 Å². The number of aryl methyl sites for hydroxylation is 2. The Labute approximate surface area is 184 Å². The molecule has 3 heterocycles. The molecule has 158 valence electrons. The Morgan fingerprint density at radius 1 is 1.27 bits per heavy atom. The van der Waals surface area contributed by atoms with Crippen LogP contribution in [0.25, 0.3) is 10.2 Å². The van der Waals surface area contributed by atoms with Crippen molar-refractivity contribution < 1.29 is 14.4 Å². The first-order valence-electron chi connectivity index (χ1n) is 9.86. The molecule has 0 saturated carbocycles. The molecular weight excluding hydrogens is 422 g/mol. The number of benzene rings is 1. The van der Waals surface area contributed by atoms with Gasteiger partial charge in [0.15, 0.2) is 0 Å². The number of hydrogen-bond acceptors (Lipinski definition) is 6. The third-order valence-corrected chi connectivity index (χ3v) is 6.83. The highest BCUT2D eigenvalue weighted by Crippen LogP contribution is 2.36. The molecule has 2 aromatic heterocycles. The molecule has 30 heavy (non-hydrogen) atoms. The average molecular weight is 447 g/mol. The van der Waals surface area contributed by atoms with Crippen LogP contribution in [0.2, 0.25) is 5.02 Å². The van der Waals surface area contributed by atoms with E-state index in [9.17, 15) is 4.79 Å². The quantitative estimate of drug-likeness (QED) is 0.644. The number of rotatable bonds is 4. The number of halogens is 1. The first-order valence-corrected chi connectivity index (χ1v) is 11.1. The van der Waals surface area contributed by atoms with Crippen molar-refractivity contribution in [1.82, 2.24) is 9.97 Å². The van der Waals surface area contributed by atoms with Crippen molar-refractivity contribution >= 4 is 50.6 Å². The molecule has 1 aromatic carbocycles. The summed E-state index contributed by atoms with van der Waals surface area (Å²) in [5.41, 5.74) is 1.44. The van der Waals surface area contributed by atoms with Gasteiger partial charge in [0.05, 0.1) is 56.3 Å². The Hall–Kier alpha value is -2.42. The molecule has 0 unspecified atom stereocenters. The predicted octanol–water partition coefficient (Wildman–Crippen LogP) is 2.56. The van der Waals surface area contributed by atoms with Gasteiger partial charge >= 0.3 is 0 Å². The minimum absolute atomic E-state index is 0.206. The fourth-order valence-corrected chi connectivity index (χ4v) is 5.01. The van der Waals surface area contributed by atoms with E-state index in [1.54, 1.807) is 25.3 Å². The minimum Gasteiger partial charge on any atom is -0.495 e. The van der Waals surface area contributed by atoms with Gasteiger partial charge in [0.25, 0.3) is 5.91 Å². The monoisotopic (exact) mass is 446 g/mol. The molecule has 0 spiro atoms. The zero-order valence-electron chi connectivity index (χ0n) is 17.5. The van der Waals surface area contributed by atoms with Gasteiger partial charge in [-0.25, -0.2) is 9.97 Å². The fraction of sp³-hybridized carbons (Fsp3) is 0.381. The van der Waals surface area contributed by atoms with Crippen LogP contribution in [-0.2, 0) is 0 Å². The summed E-state index contributed by atoms with van der Waals surface area (Å²) in [6, 6.07) is 5.14. The number of aromatic nitrogens is 2. The molecule has 1 amide bonds. The van der Waals surface area contributed by atoms with E-state index < -0.39 is 0 Å². The van der Waals surface area contributed by atoms with Crippen LogP contribution < -0.4 is 19.9 Å². The van der Waals surface area contributed by atoms with Crippen molar-refractivity contribution in [1.29, 1.82) is 0 Å². The number of nitrogens with zero attached hydrogens (tertiary/aromatic N) is 3. The van der Waals surface area contributed by atoms with Crippen molar-refractivity contribution in [3.05, 3.63) is 39.5 Å². The van der Waals surface area contributed by atoms with E-state index in [4.69, 9.17) is 21.3 Å². The summed E-state index contributed by atoms with van der Waals surface area (Å²) in [6.07, 6.45) is 0. The Bertz CT molecular complexity index is 1110. The van der Waals surface area contributed by atoms with E-state index in [1.165, 1.54) is 16.2 Å². The van der Waals surface area contributed by atoms with Crippen LogP contribution in [-0.4, -0.2) is 56.2 Å². The van der Waals surface area contributed by atoms with Gasteiger partial charge in [-0.05, 0) is 37.6 Å². The lowest BCUT2D eigenvalue weighted by atomic mass is 10.1. The lowest BCUT2D eigenvalue weighted by Gasteiger charge is -2.31. The van der Waals surface area contributed by atoms with E-state index in [0.717, 1.165) is 47.8 Å². The Morgan fingerprint density at radius 3 is 2.70 bits per heavy atom. The second-order valence-electron chi connectivity index (χ2n) is 7.57. The number of hydrogen-bond donors (Lipinski definition) is 2. The van der Waals surface area contributed by atoms with Gasteiger partial charge in [0, 0.05) is 5.02 Å². The van der Waals surface area contributed by atoms with Crippen molar-refractivity contribution in [2.24, 2.45) is 0 Å². The number of thiophene rings is 1. The van der Waals surface area contributed by atoms with Gasteiger partial charge in [-0.15, -0.1) is 11.3 Å². The van der Waals surface area contributed by atoms with Crippen LogP contribution in [0.1, 0.15) is 21.1 Å². The van der Waals surface area contributed by atoms with Gasteiger partial charge in [-0.3, -0.25) is 4.79 Å². The lowest BCUT2D eigenvalue weighted by molar-refractivity contribution is -0.880. The Balaban J connectivity index is 1.72. The smallest absolute Gasteiger partial charge is 0.266 e. The number of ether oxygens (including phenoxy) is 1. The van der Waals surface area contributed by atoms with Gasteiger partial charge < -0.3 is 19.9 Å². The summed E-state index contributed by atoms with van der Waals surface area (Å²) in [7, 11) is 3.77. The molecule has 2 N–H and O–H groups in total. The average Bonchev–Trinajstić information content (AvgIpc) is 3.04. The van der Waals surface area contributed by atoms with Crippen LogP contribution in [0.3, 0.4) is 0 Å². The number of amides is 1. The Morgan fingerprint density at radius 2 is 2.00 bits per heavy atom. The molecule has 4 rings (SSSR count). The maximum absolute atomic E-state index is 13.1.